The lowest BCUT2D eigenvalue weighted by Crippen LogP contribution is -2.04. The Balaban J connectivity index is 2.50. The van der Waals surface area contributed by atoms with Crippen LogP contribution in [0.1, 0.15) is 32.3 Å². The lowest BCUT2D eigenvalue weighted by atomic mass is 10.0. The zero-order valence-electron chi connectivity index (χ0n) is 13.0. The average molecular weight is 285 g/mol. The van der Waals surface area contributed by atoms with E-state index in [9.17, 15) is 0 Å². The van der Waals surface area contributed by atoms with Gasteiger partial charge in [-0.2, -0.15) is 0 Å². The highest BCUT2D eigenvalue weighted by Gasteiger charge is 2.15. The van der Waals surface area contributed by atoms with Gasteiger partial charge in [0.1, 0.15) is 17.9 Å². The average Bonchev–Trinajstić information content (AvgIpc) is 2.54. The van der Waals surface area contributed by atoms with E-state index in [1.54, 1.807) is 6.33 Å². The Morgan fingerprint density at radius 2 is 1.90 bits per heavy atom. The molecule has 0 aliphatic rings. The Morgan fingerprint density at radius 1 is 1.10 bits per heavy atom. The van der Waals surface area contributed by atoms with Crippen molar-refractivity contribution < 1.29 is 4.74 Å². The minimum Gasteiger partial charge on any atom is -0.493 e. The Labute approximate surface area is 126 Å². The van der Waals surface area contributed by atoms with E-state index in [1.165, 1.54) is 0 Å². The van der Waals surface area contributed by atoms with E-state index >= 15 is 0 Å². The largest absolute Gasteiger partial charge is 0.493 e. The molecule has 1 aromatic carbocycles. The molecule has 0 saturated carbocycles. The highest BCUT2D eigenvalue weighted by molar-refractivity contribution is 5.73. The number of aromatic nitrogens is 2. The first-order valence-corrected chi connectivity index (χ1v) is 7.55. The zero-order valence-corrected chi connectivity index (χ0v) is 13.0. The molecule has 112 valence electrons. The normalized spacial score (nSPS) is 10.4. The van der Waals surface area contributed by atoms with Crippen molar-refractivity contribution in [3.8, 4) is 17.0 Å². The molecule has 0 unspecified atom stereocenters. The molecule has 0 saturated heterocycles. The van der Waals surface area contributed by atoms with Crippen LogP contribution in [0.4, 0.5) is 5.82 Å². The molecule has 0 spiro atoms. The predicted octanol–water partition coefficient (Wildman–Crippen LogP) is 3.93. The monoisotopic (exact) mass is 285 g/mol. The molecule has 0 atom stereocenters. The second-order valence-electron chi connectivity index (χ2n) is 4.89. The number of nitrogens with one attached hydrogen (secondary N) is 1. The minimum atomic E-state index is 0.712. The van der Waals surface area contributed by atoms with Gasteiger partial charge in [-0.05, 0) is 25.0 Å². The third-order valence-electron chi connectivity index (χ3n) is 3.29. The van der Waals surface area contributed by atoms with E-state index in [0.29, 0.717) is 6.61 Å². The van der Waals surface area contributed by atoms with E-state index in [1.807, 2.05) is 25.2 Å². The lowest BCUT2D eigenvalue weighted by Gasteiger charge is -2.15. The van der Waals surface area contributed by atoms with E-state index in [4.69, 9.17) is 4.74 Å². The molecule has 1 N–H and O–H groups in total. The molecule has 1 heterocycles. The number of benzene rings is 1. The molecule has 2 aromatic rings. The zero-order chi connectivity index (χ0) is 15.1. The van der Waals surface area contributed by atoms with E-state index in [0.717, 1.165) is 47.7 Å². The maximum absolute atomic E-state index is 5.87. The molecule has 0 fully saturated rings. The summed E-state index contributed by atoms with van der Waals surface area (Å²) < 4.78 is 5.87. The first-order chi connectivity index (χ1) is 10.3. The van der Waals surface area contributed by atoms with Gasteiger partial charge in [-0.15, -0.1) is 0 Å². The summed E-state index contributed by atoms with van der Waals surface area (Å²) >= 11 is 0. The molecule has 2 rings (SSSR count). The maximum Gasteiger partial charge on any atom is 0.132 e. The van der Waals surface area contributed by atoms with Gasteiger partial charge in [-0.3, -0.25) is 0 Å². The smallest absolute Gasteiger partial charge is 0.132 e. The van der Waals surface area contributed by atoms with Crippen molar-refractivity contribution in [2.75, 3.05) is 19.0 Å². The van der Waals surface area contributed by atoms with Gasteiger partial charge in [-0.25, -0.2) is 9.97 Å². The van der Waals surface area contributed by atoms with Crippen LogP contribution in [0.2, 0.25) is 0 Å². The molecule has 0 radical (unpaired) electrons. The van der Waals surface area contributed by atoms with Crippen LogP contribution in [0, 0.1) is 0 Å². The molecular weight excluding hydrogens is 262 g/mol. The van der Waals surface area contributed by atoms with E-state index in [2.05, 4.69) is 35.2 Å². The van der Waals surface area contributed by atoms with Gasteiger partial charge in [0.25, 0.3) is 0 Å². The summed E-state index contributed by atoms with van der Waals surface area (Å²) in [6, 6.07) is 8.08. The van der Waals surface area contributed by atoms with Crippen molar-refractivity contribution in [3.63, 3.8) is 0 Å². The summed E-state index contributed by atoms with van der Waals surface area (Å²) in [7, 11) is 1.89. The summed E-state index contributed by atoms with van der Waals surface area (Å²) in [4.78, 5) is 8.84. The minimum absolute atomic E-state index is 0.712. The van der Waals surface area contributed by atoms with Gasteiger partial charge >= 0.3 is 0 Å². The second kappa shape index (κ2) is 7.62. The fraction of sp³-hybridized carbons (Fsp3) is 0.412. The van der Waals surface area contributed by atoms with Crippen molar-refractivity contribution in [2.45, 2.75) is 33.1 Å². The maximum atomic E-state index is 5.87. The number of para-hydroxylation sites is 1. The number of nitrogens with zero attached hydrogens (tertiary/aromatic N) is 2. The fourth-order valence-corrected chi connectivity index (χ4v) is 2.35. The number of ether oxygens (including phenoxy) is 1. The molecule has 0 bridgehead atoms. The van der Waals surface area contributed by atoms with Gasteiger partial charge in [-0.1, -0.05) is 32.4 Å². The Bertz CT molecular complexity index is 584. The molecule has 4 nitrogen and oxygen atoms in total. The third kappa shape index (κ3) is 3.51. The van der Waals surface area contributed by atoms with Crippen LogP contribution in [0.25, 0.3) is 11.3 Å². The number of hydrogen-bond acceptors (Lipinski definition) is 4. The van der Waals surface area contributed by atoms with Crippen molar-refractivity contribution in [3.05, 3.63) is 36.2 Å². The molecule has 0 amide bonds. The van der Waals surface area contributed by atoms with Crippen LogP contribution in [-0.2, 0) is 6.42 Å². The van der Waals surface area contributed by atoms with Crippen LogP contribution < -0.4 is 10.1 Å². The SMILES string of the molecule is CCCOc1ccccc1-c1ncnc(NC)c1CCC. The van der Waals surface area contributed by atoms with Crippen molar-refractivity contribution in [1.82, 2.24) is 9.97 Å². The van der Waals surface area contributed by atoms with Crippen LogP contribution in [0.15, 0.2) is 30.6 Å². The number of anilines is 1. The van der Waals surface area contributed by atoms with Gasteiger partial charge in [0, 0.05) is 18.2 Å². The Morgan fingerprint density at radius 3 is 2.62 bits per heavy atom. The lowest BCUT2D eigenvalue weighted by molar-refractivity contribution is 0.318. The highest BCUT2D eigenvalue weighted by Crippen LogP contribution is 2.33. The molecule has 0 aliphatic heterocycles. The van der Waals surface area contributed by atoms with Crippen molar-refractivity contribution >= 4 is 5.82 Å². The molecule has 21 heavy (non-hydrogen) atoms. The van der Waals surface area contributed by atoms with E-state index < -0.39 is 0 Å². The highest BCUT2D eigenvalue weighted by atomic mass is 16.5. The van der Waals surface area contributed by atoms with Crippen LogP contribution in [-0.4, -0.2) is 23.6 Å². The fourth-order valence-electron chi connectivity index (χ4n) is 2.35. The topological polar surface area (TPSA) is 47.0 Å². The summed E-state index contributed by atoms with van der Waals surface area (Å²) in [5, 5.41) is 3.16. The molecular formula is C17H23N3O. The van der Waals surface area contributed by atoms with Gasteiger partial charge in [0.05, 0.1) is 12.3 Å². The summed E-state index contributed by atoms with van der Waals surface area (Å²) in [5.41, 5.74) is 3.14. The third-order valence-corrected chi connectivity index (χ3v) is 3.29. The van der Waals surface area contributed by atoms with Crippen LogP contribution in [0.3, 0.4) is 0 Å². The van der Waals surface area contributed by atoms with Crippen molar-refractivity contribution in [1.29, 1.82) is 0 Å². The standard InChI is InChI=1S/C17H23N3O/c1-4-8-14-16(19-12-20-17(14)18-3)13-9-6-7-10-15(13)21-11-5-2/h6-7,9-10,12H,4-5,8,11H2,1-3H3,(H,18,19,20). The first-order valence-electron chi connectivity index (χ1n) is 7.55. The second-order valence-corrected chi connectivity index (χ2v) is 4.89. The molecule has 4 heteroatoms. The quantitative estimate of drug-likeness (QED) is 0.837. The van der Waals surface area contributed by atoms with Gasteiger partial charge in [0.2, 0.25) is 0 Å². The summed E-state index contributed by atoms with van der Waals surface area (Å²) in [6.07, 6.45) is 4.58. The van der Waals surface area contributed by atoms with Crippen LogP contribution in [0.5, 0.6) is 5.75 Å². The summed E-state index contributed by atoms with van der Waals surface area (Å²) in [5.74, 6) is 1.78. The van der Waals surface area contributed by atoms with Gasteiger partial charge < -0.3 is 10.1 Å². The Kier molecular flexibility index (Phi) is 5.55. The number of hydrogen-bond donors (Lipinski definition) is 1. The van der Waals surface area contributed by atoms with Crippen LogP contribution >= 0.6 is 0 Å². The van der Waals surface area contributed by atoms with E-state index in [-0.39, 0.29) is 0 Å². The Hall–Kier alpha value is -2.10. The summed E-state index contributed by atoms with van der Waals surface area (Å²) in [6.45, 7) is 4.98. The molecule has 0 aliphatic carbocycles. The molecule has 1 aromatic heterocycles. The van der Waals surface area contributed by atoms with Crippen molar-refractivity contribution in [2.24, 2.45) is 0 Å². The number of rotatable bonds is 7. The first kappa shape index (κ1) is 15.3. The predicted molar refractivity (Wildman–Crippen MR) is 86.8 cm³/mol. The van der Waals surface area contributed by atoms with Gasteiger partial charge in [0.15, 0.2) is 0 Å².